The molecule has 0 aliphatic heterocycles. The standard InChI is InChI=1S/C34H43N3O3/c1-32-18-22(20-35)28(36-3)17-23(32)10-13-25-26-15-16-34(40-4,33(26,2)19-29(38)31(25)32)30(39)14-12-24-11-9-21-7-5-6-8-27(21)37-24/h5-9,11,17,20,22,25-26,29,31,35,38H,10,12-16,18-19H2,1-4H3. The third kappa shape index (κ3) is 3.89. The lowest BCUT2D eigenvalue weighted by Crippen LogP contribution is -2.62. The Balaban J connectivity index is 1.27. The van der Waals surface area contributed by atoms with Gasteiger partial charge in [0.25, 0.3) is 0 Å². The summed E-state index contributed by atoms with van der Waals surface area (Å²) in [5.41, 5.74) is 2.78. The second kappa shape index (κ2) is 9.99. The highest BCUT2D eigenvalue weighted by atomic mass is 16.5. The maximum Gasteiger partial charge on any atom is 0.165 e. The van der Waals surface area contributed by atoms with Gasteiger partial charge in [0.1, 0.15) is 5.60 Å². The number of nitrogens with zero attached hydrogens (tertiary/aromatic N) is 2. The quantitative estimate of drug-likeness (QED) is 0.438. The molecule has 40 heavy (non-hydrogen) atoms. The van der Waals surface area contributed by atoms with Gasteiger partial charge in [0.05, 0.1) is 11.6 Å². The van der Waals surface area contributed by atoms with Gasteiger partial charge in [-0.25, -0.2) is 0 Å². The van der Waals surface area contributed by atoms with Crippen molar-refractivity contribution in [1.29, 1.82) is 5.41 Å². The Morgan fingerprint density at radius 2 is 2.00 bits per heavy atom. The van der Waals surface area contributed by atoms with Crippen LogP contribution in [0, 0.1) is 39.9 Å². The summed E-state index contributed by atoms with van der Waals surface area (Å²) in [4.78, 5) is 23.4. The van der Waals surface area contributed by atoms with E-state index in [4.69, 9.17) is 15.1 Å². The molecular formula is C34H43N3O3. The van der Waals surface area contributed by atoms with Crippen LogP contribution < -0.4 is 0 Å². The van der Waals surface area contributed by atoms with Crippen LogP contribution >= 0.6 is 0 Å². The fraction of sp³-hybridized carbons (Fsp3) is 0.588. The number of benzene rings is 1. The van der Waals surface area contributed by atoms with Gasteiger partial charge in [-0.05, 0) is 86.3 Å². The summed E-state index contributed by atoms with van der Waals surface area (Å²) >= 11 is 0. The second-order valence-corrected chi connectivity index (χ2v) is 13.2. The van der Waals surface area contributed by atoms with E-state index in [1.165, 1.54) is 11.8 Å². The molecule has 0 spiro atoms. The fourth-order valence-corrected chi connectivity index (χ4v) is 9.79. The summed E-state index contributed by atoms with van der Waals surface area (Å²) in [7, 11) is 3.51. The van der Waals surface area contributed by atoms with Crippen LogP contribution in [-0.2, 0) is 16.0 Å². The average molecular weight is 542 g/mol. The van der Waals surface area contributed by atoms with E-state index in [0.717, 1.165) is 48.0 Å². The van der Waals surface area contributed by atoms with Crippen molar-refractivity contribution in [1.82, 2.24) is 4.98 Å². The normalized spacial score (nSPS) is 39.8. The van der Waals surface area contributed by atoms with Gasteiger partial charge in [-0.15, -0.1) is 0 Å². The predicted molar refractivity (Wildman–Crippen MR) is 159 cm³/mol. The van der Waals surface area contributed by atoms with E-state index in [1.54, 1.807) is 7.11 Å². The number of methoxy groups -OCH3 is 1. The number of nitrogens with one attached hydrogen (secondary N) is 1. The lowest BCUT2D eigenvalue weighted by atomic mass is 9.44. The highest BCUT2D eigenvalue weighted by Gasteiger charge is 2.69. The molecule has 8 unspecified atom stereocenters. The van der Waals surface area contributed by atoms with Gasteiger partial charge < -0.3 is 15.3 Å². The van der Waals surface area contributed by atoms with Crippen LogP contribution in [0.15, 0.2) is 53.0 Å². The number of allylic oxidation sites excluding steroid dienone is 2. The Kier molecular flexibility index (Phi) is 6.86. The molecule has 3 fully saturated rings. The number of aliphatic hydroxyl groups is 1. The number of aliphatic imine (C=N–C) groups is 1. The Hall–Kier alpha value is -2.70. The Labute approximate surface area is 237 Å². The minimum absolute atomic E-state index is 0.00931. The molecule has 2 N–H and O–H groups in total. The van der Waals surface area contributed by atoms with Crippen molar-refractivity contribution in [2.75, 3.05) is 14.2 Å². The zero-order chi connectivity index (χ0) is 28.3. The van der Waals surface area contributed by atoms with E-state index in [9.17, 15) is 9.90 Å². The summed E-state index contributed by atoms with van der Waals surface area (Å²) in [6.07, 6.45) is 9.25. The summed E-state index contributed by atoms with van der Waals surface area (Å²) < 4.78 is 6.28. The number of fused-ring (bicyclic) bond motifs is 6. The number of carbonyl (C=O) groups is 1. The second-order valence-electron chi connectivity index (χ2n) is 13.2. The van der Waals surface area contributed by atoms with Crippen LogP contribution in [0.5, 0.6) is 0 Å². The molecule has 2 aromatic rings. The molecule has 4 aliphatic rings. The van der Waals surface area contributed by atoms with E-state index >= 15 is 0 Å². The summed E-state index contributed by atoms with van der Waals surface area (Å²) in [6.45, 7) is 4.53. The van der Waals surface area contributed by atoms with E-state index < -0.39 is 17.1 Å². The molecule has 3 saturated carbocycles. The number of rotatable bonds is 6. The first-order valence-electron chi connectivity index (χ1n) is 15.0. The van der Waals surface area contributed by atoms with Crippen molar-refractivity contribution in [2.24, 2.45) is 39.5 Å². The summed E-state index contributed by atoms with van der Waals surface area (Å²) in [6, 6.07) is 12.2. The first-order valence-corrected chi connectivity index (χ1v) is 15.0. The van der Waals surface area contributed by atoms with Gasteiger partial charge >= 0.3 is 0 Å². The van der Waals surface area contributed by atoms with Gasteiger partial charge in [-0.3, -0.25) is 14.8 Å². The Morgan fingerprint density at radius 3 is 2.75 bits per heavy atom. The maximum absolute atomic E-state index is 14.1. The molecule has 0 radical (unpaired) electrons. The van der Waals surface area contributed by atoms with Crippen LogP contribution in [0.2, 0.25) is 0 Å². The number of ether oxygens (including phenoxy) is 1. The van der Waals surface area contributed by atoms with Gasteiger partial charge in [-0.2, -0.15) is 0 Å². The average Bonchev–Trinajstić information content (AvgIpc) is 3.26. The Morgan fingerprint density at radius 1 is 1.20 bits per heavy atom. The van der Waals surface area contributed by atoms with Crippen molar-refractivity contribution >= 4 is 28.6 Å². The fourth-order valence-electron chi connectivity index (χ4n) is 9.79. The monoisotopic (exact) mass is 541 g/mol. The molecule has 6 rings (SSSR count). The first-order chi connectivity index (χ1) is 19.2. The predicted octanol–water partition coefficient (Wildman–Crippen LogP) is 6.00. The molecule has 212 valence electrons. The number of aryl methyl sites for hydroxylation is 1. The van der Waals surface area contributed by atoms with Crippen LogP contribution in [0.3, 0.4) is 0 Å². The number of ketones is 1. The molecule has 6 heteroatoms. The smallest absolute Gasteiger partial charge is 0.165 e. The minimum atomic E-state index is -0.885. The highest BCUT2D eigenvalue weighted by molar-refractivity contribution is 6.06. The zero-order valence-electron chi connectivity index (χ0n) is 24.3. The molecular weight excluding hydrogens is 498 g/mol. The highest BCUT2D eigenvalue weighted by Crippen LogP contribution is 2.68. The number of carbonyl (C=O) groups excluding carboxylic acids is 1. The molecule has 1 aromatic carbocycles. The van der Waals surface area contributed by atoms with Crippen molar-refractivity contribution in [2.45, 2.75) is 76.9 Å². The van der Waals surface area contributed by atoms with Crippen LogP contribution in [0.25, 0.3) is 10.9 Å². The Bertz CT molecular complexity index is 1400. The van der Waals surface area contributed by atoms with Gasteiger partial charge in [0.2, 0.25) is 0 Å². The molecule has 1 heterocycles. The summed E-state index contributed by atoms with van der Waals surface area (Å²) in [5.74, 6) is 0.908. The SMILES string of the molecule is CN=C1C=C2CCC3C(C(O)CC4(C)C3CCC4(OC)C(=O)CCc3ccc4ccccc4n3)C2(C)CC1C=N. The molecule has 0 amide bonds. The van der Waals surface area contributed by atoms with Gasteiger partial charge in [-0.1, -0.05) is 43.7 Å². The van der Waals surface area contributed by atoms with E-state index in [-0.39, 0.29) is 23.0 Å². The van der Waals surface area contributed by atoms with Crippen LogP contribution in [-0.4, -0.2) is 53.7 Å². The van der Waals surface area contributed by atoms with E-state index in [0.29, 0.717) is 37.5 Å². The molecule has 8 atom stereocenters. The lowest BCUT2D eigenvalue weighted by Gasteiger charge is -2.61. The van der Waals surface area contributed by atoms with Crippen LogP contribution in [0.1, 0.15) is 64.5 Å². The number of hydrogen-bond donors (Lipinski definition) is 2. The molecule has 0 saturated heterocycles. The molecule has 1 aromatic heterocycles. The van der Waals surface area contributed by atoms with Gasteiger partial charge in [0, 0.05) is 54.9 Å². The first kappa shape index (κ1) is 27.5. The van der Waals surface area contributed by atoms with E-state index in [2.05, 4.69) is 37.0 Å². The molecule has 6 nitrogen and oxygen atoms in total. The number of pyridine rings is 1. The number of aliphatic hydroxyl groups excluding tert-OH is 1. The van der Waals surface area contributed by atoms with Gasteiger partial charge in [0.15, 0.2) is 5.78 Å². The third-order valence-corrected chi connectivity index (χ3v) is 11.7. The van der Waals surface area contributed by atoms with Crippen molar-refractivity contribution in [3.8, 4) is 0 Å². The minimum Gasteiger partial charge on any atom is -0.393 e. The van der Waals surface area contributed by atoms with E-state index in [1.807, 2.05) is 31.3 Å². The van der Waals surface area contributed by atoms with Crippen molar-refractivity contribution in [3.05, 3.63) is 53.7 Å². The number of aromatic nitrogens is 1. The third-order valence-electron chi connectivity index (χ3n) is 11.7. The lowest BCUT2D eigenvalue weighted by molar-refractivity contribution is -0.187. The number of hydrogen-bond acceptors (Lipinski definition) is 6. The van der Waals surface area contributed by atoms with Crippen LogP contribution in [0.4, 0.5) is 0 Å². The van der Waals surface area contributed by atoms with Crippen molar-refractivity contribution in [3.63, 3.8) is 0 Å². The molecule has 0 bridgehead atoms. The number of Topliss-reactive ketones (excluding diaryl/α,β-unsaturated/α-hetero) is 1. The maximum atomic E-state index is 14.1. The zero-order valence-corrected chi connectivity index (χ0v) is 24.3. The number of para-hydroxylation sites is 1. The van der Waals surface area contributed by atoms with Crippen molar-refractivity contribution < 1.29 is 14.6 Å². The largest absolute Gasteiger partial charge is 0.393 e. The molecule has 4 aliphatic carbocycles. The topological polar surface area (TPSA) is 95.6 Å². The summed E-state index contributed by atoms with van der Waals surface area (Å²) in [5, 5.41) is 21.1.